The van der Waals surface area contributed by atoms with Gasteiger partial charge in [-0.15, -0.1) is 0 Å². The van der Waals surface area contributed by atoms with Crippen molar-refractivity contribution in [3.63, 3.8) is 0 Å². The van der Waals surface area contributed by atoms with Gasteiger partial charge >= 0.3 is 11.9 Å². The Morgan fingerprint density at radius 1 is 1.25 bits per heavy atom. The molecule has 0 aliphatic carbocycles. The van der Waals surface area contributed by atoms with E-state index in [4.69, 9.17) is 0 Å². The fourth-order valence-electron chi connectivity index (χ4n) is 1.90. The van der Waals surface area contributed by atoms with Gasteiger partial charge in [0.2, 0.25) is 0 Å². The van der Waals surface area contributed by atoms with Gasteiger partial charge in [0, 0.05) is 6.42 Å². The largest absolute Gasteiger partial charge is 0.389 e. The Kier molecular flexibility index (Phi) is 3.96. The van der Waals surface area contributed by atoms with E-state index in [2.05, 4.69) is 10.2 Å². The molecule has 1 N–H and O–H groups in total. The fraction of sp³-hybridized carbons (Fsp3) is 0.385. The number of H-pyrrole nitrogens is 1. The molecule has 0 saturated heterocycles. The first-order valence-electron chi connectivity index (χ1n) is 6.23. The topological polar surface area (TPSA) is 50.7 Å². The normalized spacial score (nSPS) is 11.8. The van der Waals surface area contributed by atoms with E-state index in [1.807, 2.05) is 19.1 Å². The molecule has 0 fully saturated rings. The molecule has 0 bridgehead atoms. The van der Waals surface area contributed by atoms with Crippen LogP contribution in [0.15, 0.2) is 29.1 Å². The third-order valence-corrected chi connectivity index (χ3v) is 2.98. The van der Waals surface area contributed by atoms with E-state index >= 15 is 0 Å². The maximum atomic E-state index is 12.3. The highest BCUT2D eigenvalue weighted by Gasteiger charge is 2.28. The Bertz CT molecular complexity index is 626. The molecule has 0 radical (unpaired) electrons. The molecule has 4 nitrogen and oxygen atoms in total. The van der Waals surface area contributed by atoms with Crippen molar-refractivity contribution in [2.45, 2.75) is 32.4 Å². The summed E-state index contributed by atoms with van der Waals surface area (Å²) in [5.41, 5.74) is 1.06. The monoisotopic (exact) mass is 285 g/mol. The second-order valence-corrected chi connectivity index (χ2v) is 4.42. The van der Waals surface area contributed by atoms with E-state index in [9.17, 15) is 18.0 Å². The van der Waals surface area contributed by atoms with E-state index in [-0.39, 0.29) is 12.2 Å². The molecular weight excluding hydrogens is 271 g/mol. The molecule has 0 spiro atoms. The van der Waals surface area contributed by atoms with Crippen LogP contribution in [0.5, 0.6) is 0 Å². The first-order valence-corrected chi connectivity index (χ1v) is 6.23. The van der Waals surface area contributed by atoms with Crippen molar-refractivity contribution in [1.29, 1.82) is 0 Å². The minimum atomic E-state index is -4.27. The molecule has 1 heterocycles. The molecule has 7 heteroatoms. The Morgan fingerprint density at radius 2 is 1.90 bits per heavy atom. The van der Waals surface area contributed by atoms with Crippen molar-refractivity contribution in [2.75, 3.05) is 0 Å². The minimum absolute atomic E-state index is 0.0802. The quantitative estimate of drug-likeness (QED) is 0.938. The van der Waals surface area contributed by atoms with Crippen molar-refractivity contribution in [3.05, 3.63) is 46.1 Å². The van der Waals surface area contributed by atoms with Crippen LogP contribution < -0.4 is 5.69 Å². The molecule has 0 atom stereocenters. The lowest BCUT2D eigenvalue weighted by atomic mass is 10.1. The van der Waals surface area contributed by atoms with Gasteiger partial charge in [0.05, 0.1) is 12.1 Å². The summed E-state index contributed by atoms with van der Waals surface area (Å²) in [7, 11) is 0. The average molecular weight is 285 g/mol. The summed E-state index contributed by atoms with van der Waals surface area (Å²) in [5, 5.41) is 5.85. The van der Waals surface area contributed by atoms with Gasteiger partial charge < -0.3 is 0 Å². The molecule has 0 aliphatic heterocycles. The number of alkyl halides is 3. The summed E-state index contributed by atoms with van der Waals surface area (Å²) in [6, 6.07) is 7.07. The molecule has 20 heavy (non-hydrogen) atoms. The van der Waals surface area contributed by atoms with Crippen LogP contribution in [-0.4, -0.2) is 20.9 Å². The minimum Gasteiger partial charge on any atom is -0.247 e. The van der Waals surface area contributed by atoms with Gasteiger partial charge in [0.1, 0.15) is 5.82 Å². The molecule has 0 unspecified atom stereocenters. The number of hydrogen-bond donors (Lipinski definition) is 1. The summed E-state index contributed by atoms with van der Waals surface area (Å²) < 4.78 is 37.9. The second kappa shape index (κ2) is 5.52. The van der Waals surface area contributed by atoms with Crippen molar-refractivity contribution in [1.82, 2.24) is 14.8 Å². The molecule has 0 aliphatic rings. The van der Waals surface area contributed by atoms with Gasteiger partial charge in [-0.1, -0.05) is 19.1 Å². The van der Waals surface area contributed by atoms with Crippen LogP contribution in [-0.2, 0) is 12.8 Å². The zero-order valence-corrected chi connectivity index (χ0v) is 10.9. The Hall–Kier alpha value is -2.05. The molecule has 2 rings (SSSR count). The van der Waals surface area contributed by atoms with Crippen molar-refractivity contribution < 1.29 is 13.2 Å². The molecular formula is C13H14F3N3O. The van der Waals surface area contributed by atoms with Gasteiger partial charge in [0.25, 0.3) is 0 Å². The van der Waals surface area contributed by atoms with Gasteiger partial charge in [0.15, 0.2) is 0 Å². The molecule has 0 saturated carbocycles. The number of halogens is 3. The van der Waals surface area contributed by atoms with Crippen LogP contribution in [0.2, 0.25) is 0 Å². The molecule has 2 aromatic rings. The third kappa shape index (κ3) is 3.28. The third-order valence-electron chi connectivity index (χ3n) is 2.98. The highest BCUT2D eigenvalue weighted by Crippen LogP contribution is 2.21. The van der Waals surface area contributed by atoms with Crippen LogP contribution in [0.3, 0.4) is 0 Å². The Morgan fingerprint density at radius 3 is 2.45 bits per heavy atom. The van der Waals surface area contributed by atoms with Gasteiger partial charge in [-0.25, -0.2) is 14.5 Å². The van der Waals surface area contributed by atoms with Crippen LogP contribution in [0.1, 0.15) is 24.7 Å². The molecule has 0 amide bonds. The zero-order chi connectivity index (χ0) is 14.8. The van der Waals surface area contributed by atoms with Crippen molar-refractivity contribution in [3.8, 4) is 5.69 Å². The lowest BCUT2D eigenvalue weighted by Crippen LogP contribution is -2.18. The highest BCUT2D eigenvalue weighted by molar-refractivity contribution is 5.35. The average Bonchev–Trinajstić information content (AvgIpc) is 2.77. The van der Waals surface area contributed by atoms with Gasteiger partial charge in [-0.2, -0.15) is 18.3 Å². The van der Waals surface area contributed by atoms with Crippen LogP contribution in [0, 0.1) is 0 Å². The van der Waals surface area contributed by atoms with E-state index in [0.717, 1.165) is 12.0 Å². The van der Waals surface area contributed by atoms with E-state index in [1.165, 1.54) is 4.57 Å². The lowest BCUT2D eigenvalue weighted by molar-refractivity contribution is -0.134. The van der Waals surface area contributed by atoms with E-state index < -0.39 is 18.3 Å². The molecule has 1 aromatic carbocycles. The van der Waals surface area contributed by atoms with Gasteiger partial charge in [-0.05, 0) is 24.1 Å². The number of rotatable bonds is 4. The predicted molar refractivity (Wildman–Crippen MR) is 67.9 cm³/mol. The summed E-state index contributed by atoms with van der Waals surface area (Å²) >= 11 is 0. The van der Waals surface area contributed by atoms with E-state index in [1.54, 1.807) is 12.1 Å². The van der Waals surface area contributed by atoms with Crippen LogP contribution in [0.25, 0.3) is 5.69 Å². The number of aryl methyl sites for hydroxylation is 2. The first kappa shape index (κ1) is 14.4. The number of aromatic nitrogens is 3. The van der Waals surface area contributed by atoms with Crippen LogP contribution in [0.4, 0.5) is 13.2 Å². The summed E-state index contributed by atoms with van der Waals surface area (Å²) in [4.78, 5) is 11.7. The number of nitrogens with one attached hydrogen (secondary N) is 1. The lowest BCUT2D eigenvalue weighted by Gasteiger charge is -2.08. The Balaban J connectivity index is 2.30. The smallest absolute Gasteiger partial charge is 0.247 e. The fourth-order valence-corrected chi connectivity index (χ4v) is 1.90. The van der Waals surface area contributed by atoms with Crippen LogP contribution >= 0.6 is 0 Å². The maximum absolute atomic E-state index is 12.3. The second-order valence-electron chi connectivity index (χ2n) is 4.42. The van der Waals surface area contributed by atoms with Crippen molar-refractivity contribution in [2.24, 2.45) is 0 Å². The number of nitrogens with zero attached hydrogens (tertiary/aromatic N) is 2. The highest BCUT2D eigenvalue weighted by atomic mass is 19.4. The summed E-state index contributed by atoms with van der Waals surface area (Å²) in [5.74, 6) is 0.0802. The summed E-state index contributed by atoms with van der Waals surface area (Å²) in [6.45, 7) is 1.99. The van der Waals surface area contributed by atoms with E-state index in [0.29, 0.717) is 5.69 Å². The summed E-state index contributed by atoms with van der Waals surface area (Å²) in [6.07, 6.45) is -4.77. The zero-order valence-electron chi connectivity index (χ0n) is 10.9. The predicted octanol–water partition coefficient (Wildman–Crippen LogP) is 2.62. The van der Waals surface area contributed by atoms with Crippen molar-refractivity contribution >= 4 is 0 Å². The molecule has 108 valence electrons. The number of aromatic amines is 1. The first-order chi connectivity index (χ1) is 9.40. The SMILES string of the molecule is CCc1ccc(-n2c(CCC(F)(F)F)n[nH]c2=O)cc1. The molecule has 1 aromatic heterocycles. The number of hydrogen-bond acceptors (Lipinski definition) is 2. The standard InChI is InChI=1S/C13H14F3N3O/c1-2-9-3-5-10(6-4-9)19-11(17-18-12(19)20)7-8-13(14,15)16/h3-6H,2,7-8H2,1H3,(H,18,20). The maximum Gasteiger partial charge on any atom is 0.389 e. The number of benzene rings is 1. The van der Waals surface area contributed by atoms with Gasteiger partial charge in [-0.3, -0.25) is 0 Å². The Labute approximate surface area is 113 Å².